The Kier molecular flexibility index (Phi) is 3.98. The van der Waals surface area contributed by atoms with Gasteiger partial charge in [0.05, 0.1) is 10.6 Å². The van der Waals surface area contributed by atoms with Crippen molar-refractivity contribution in [2.24, 2.45) is 0 Å². The molecule has 1 aromatic carbocycles. The predicted octanol–water partition coefficient (Wildman–Crippen LogP) is 3.68. The topological polar surface area (TPSA) is 51.0 Å². The highest BCUT2D eigenvalue weighted by Crippen LogP contribution is 2.32. The maximum atomic E-state index is 13.8. The smallest absolute Gasteiger partial charge is 0.169 e. The number of hydrogen-bond donors (Lipinski definition) is 1. The molecule has 1 unspecified atom stereocenters. The van der Waals surface area contributed by atoms with Gasteiger partial charge in [-0.25, -0.2) is 4.39 Å². The summed E-state index contributed by atoms with van der Waals surface area (Å²) >= 11 is 1.35. The lowest BCUT2D eigenvalue weighted by molar-refractivity contribution is 0.466. The Hall–Kier alpha value is -1.79. The van der Waals surface area contributed by atoms with E-state index < -0.39 is 0 Å². The Morgan fingerprint density at radius 2 is 2.24 bits per heavy atom. The average molecular weight is 305 g/mol. The van der Waals surface area contributed by atoms with Crippen LogP contribution in [0, 0.1) is 5.82 Å². The lowest BCUT2D eigenvalue weighted by atomic mass is 10.1. The van der Waals surface area contributed by atoms with Gasteiger partial charge in [-0.05, 0) is 36.6 Å². The molecule has 0 bridgehead atoms. The highest BCUT2D eigenvalue weighted by molar-refractivity contribution is 7.05. The fourth-order valence-electron chi connectivity index (χ4n) is 2.40. The summed E-state index contributed by atoms with van der Waals surface area (Å²) in [6.45, 7) is 4.84. The molecule has 0 saturated heterocycles. The standard InChI is InChI=1S/C15H16FN3OS/c1-3-11-15(21-19-18-11)13(17-4-2)12-8-9-6-5-7-10(16)14(9)20-12/h5-8,13,17H,3-4H2,1-2H3. The number of para-hydroxylation sites is 1. The summed E-state index contributed by atoms with van der Waals surface area (Å²) in [4.78, 5) is 1.03. The summed E-state index contributed by atoms with van der Waals surface area (Å²) in [6, 6.07) is 6.68. The normalized spacial score (nSPS) is 12.9. The zero-order valence-corrected chi connectivity index (χ0v) is 12.7. The van der Waals surface area contributed by atoms with Gasteiger partial charge in [0.25, 0.3) is 0 Å². The second-order valence-corrected chi connectivity index (χ2v) is 5.52. The van der Waals surface area contributed by atoms with Gasteiger partial charge in [0.1, 0.15) is 11.8 Å². The molecule has 21 heavy (non-hydrogen) atoms. The molecule has 2 heterocycles. The Morgan fingerprint density at radius 1 is 1.38 bits per heavy atom. The van der Waals surface area contributed by atoms with Crippen LogP contribution < -0.4 is 5.32 Å². The van der Waals surface area contributed by atoms with E-state index in [4.69, 9.17) is 4.42 Å². The lowest BCUT2D eigenvalue weighted by Crippen LogP contribution is -2.21. The number of aromatic nitrogens is 2. The van der Waals surface area contributed by atoms with Crippen LogP contribution in [0.25, 0.3) is 11.0 Å². The minimum absolute atomic E-state index is 0.142. The molecule has 0 aliphatic carbocycles. The van der Waals surface area contributed by atoms with Gasteiger partial charge in [0.15, 0.2) is 11.4 Å². The summed E-state index contributed by atoms with van der Waals surface area (Å²) in [5.41, 5.74) is 1.25. The third kappa shape index (κ3) is 2.56. The van der Waals surface area contributed by atoms with Crippen LogP contribution in [0.1, 0.15) is 36.2 Å². The van der Waals surface area contributed by atoms with Gasteiger partial charge in [0.2, 0.25) is 0 Å². The number of rotatable bonds is 5. The molecule has 0 saturated carbocycles. The number of hydrogen-bond acceptors (Lipinski definition) is 5. The third-order valence-corrected chi connectivity index (χ3v) is 4.22. The largest absolute Gasteiger partial charge is 0.456 e. The second-order valence-electron chi connectivity index (χ2n) is 4.74. The second kappa shape index (κ2) is 5.91. The van der Waals surface area contributed by atoms with Crippen LogP contribution in [0.4, 0.5) is 4.39 Å². The van der Waals surface area contributed by atoms with E-state index in [1.807, 2.05) is 26.0 Å². The molecule has 1 N–H and O–H groups in total. The summed E-state index contributed by atoms with van der Waals surface area (Å²) in [5, 5.41) is 8.29. The van der Waals surface area contributed by atoms with Crippen molar-refractivity contribution in [3.63, 3.8) is 0 Å². The van der Waals surface area contributed by atoms with E-state index in [0.29, 0.717) is 11.3 Å². The zero-order chi connectivity index (χ0) is 14.8. The first-order chi connectivity index (χ1) is 10.2. The fourth-order valence-corrected chi connectivity index (χ4v) is 3.22. The highest BCUT2D eigenvalue weighted by atomic mass is 32.1. The van der Waals surface area contributed by atoms with Gasteiger partial charge < -0.3 is 9.73 Å². The molecule has 2 aromatic heterocycles. The van der Waals surface area contributed by atoms with Crippen LogP contribution in [0.15, 0.2) is 28.7 Å². The summed E-state index contributed by atoms with van der Waals surface area (Å²) < 4.78 is 23.6. The van der Waals surface area contributed by atoms with Crippen molar-refractivity contribution in [2.75, 3.05) is 6.54 Å². The van der Waals surface area contributed by atoms with Crippen molar-refractivity contribution < 1.29 is 8.81 Å². The van der Waals surface area contributed by atoms with E-state index >= 15 is 0 Å². The van der Waals surface area contributed by atoms with Crippen molar-refractivity contribution >= 4 is 22.5 Å². The lowest BCUT2D eigenvalue weighted by Gasteiger charge is -2.14. The molecular formula is C15H16FN3OS. The maximum absolute atomic E-state index is 13.8. The molecule has 0 aliphatic rings. The Labute approximate surface area is 126 Å². The molecule has 3 aromatic rings. The number of nitrogens with one attached hydrogen (secondary N) is 1. The van der Waals surface area contributed by atoms with Gasteiger partial charge in [0, 0.05) is 5.39 Å². The highest BCUT2D eigenvalue weighted by Gasteiger charge is 2.23. The molecule has 4 nitrogen and oxygen atoms in total. The molecule has 0 spiro atoms. The van der Waals surface area contributed by atoms with E-state index in [9.17, 15) is 4.39 Å². The van der Waals surface area contributed by atoms with E-state index in [2.05, 4.69) is 14.9 Å². The maximum Gasteiger partial charge on any atom is 0.169 e. The molecule has 0 radical (unpaired) electrons. The minimum Gasteiger partial charge on any atom is -0.456 e. The van der Waals surface area contributed by atoms with Gasteiger partial charge in [-0.1, -0.05) is 30.5 Å². The SMILES string of the molecule is CCNC(c1cc2cccc(F)c2o1)c1snnc1CC. The Bertz CT molecular complexity index is 752. The monoisotopic (exact) mass is 305 g/mol. The summed E-state index contributed by atoms with van der Waals surface area (Å²) in [7, 11) is 0. The Morgan fingerprint density at radius 3 is 2.95 bits per heavy atom. The molecule has 110 valence electrons. The van der Waals surface area contributed by atoms with Crippen molar-refractivity contribution in [3.05, 3.63) is 46.4 Å². The fraction of sp³-hybridized carbons (Fsp3) is 0.333. The number of halogens is 1. The van der Waals surface area contributed by atoms with E-state index in [0.717, 1.165) is 28.9 Å². The van der Waals surface area contributed by atoms with Gasteiger partial charge in [-0.2, -0.15) is 0 Å². The number of furan rings is 1. The first-order valence-corrected chi connectivity index (χ1v) is 7.74. The van der Waals surface area contributed by atoms with Crippen LogP contribution in [0.2, 0.25) is 0 Å². The van der Waals surface area contributed by atoms with Crippen molar-refractivity contribution in [1.82, 2.24) is 14.9 Å². The minimum atomic E-state index is -0.341. The molecule has 0 fully saturated rings. The zero-order valence-electron chi connectivity index (χ0n) is 11.9. The van der Waals surface area contributed by atoms with Crippen LogP contribution in [0.3, 0.4) is 0 Å². The molecule has 1 atom stereocenters. The average Bonchev–Trinajstić information content (AvgIpc) is 3.11. The van der Waals surface area contributed by atoms with Crippen LogP contribution in [-0.2, 0) is 6.42 Å². The van der Waals surface area contributed by atoms with Gasteiger partial charge >= 0.3 is 0 Å². The third-order valence-electron chi connectivity index (χ3n) is 3.39. The van der Waals surface area contributed by atoms with Crippen molar-refractivity contribution in [1.29, 1.82) is 0 Å². The number of benzene rings is 1. The molecular weight excluding hydrogens is 289 g/mol. The quantitative estimate of drug-likeness (QED) is 0.781. The van der Waals surface area contributed by atoms with E-state index in [1.54, 1.807) is 6.07 Å². The number of fused-ring (bicyclic) bond motifs is 1. The van der Waals surface area contributed by atoms with Crippen LogP contribution in [-0.4, -0.2) is 16.1 Å². The number of aryl methyl sites for hydroxylation is 1. The van der Waals surface area contributed by atoms with Crippen molar-refractivity contribution in [2.45, 2.75) is 26.3 Å². The van der Waals surface area contributed by atoms with E-state index in [1.165, 1.54) is 17.6 Å². The Balaban J connectivity index is 2.09. The first-order valence-electron chi connectivity index (χ1n) is 6.97. The van der Waals surface area contributed by atoms with Crippen molar-refractivity contribution in [3.8, 4) is 0 Å². The van der Waals surface area contributed by atoms with E-state index in [-0.39, 0.29) is 11.9 Å². The van der Waals surface area contributed by atoms with Gasteiger partial charge in [-0.3, -0.25) is 0 Å². The van der Waals surface area contributed by atoms with Crippen LogP contribution >= 0.6 is 11.5 Å². The first kappa shape index (κ1) is 14.2. The predicted molar refractivity (Wildman–Crippen MR) is 81.0 cm³/mol. The molecule has 0 aliphatic heterocycles. The van der Waals surface area contributed by atoms with Crippen LogP contribution in [0.5, 0.6) is 0 Å². The number of nitrogens with zero attached hydrogens (tertiary/aromatic N) is 2. The molecule has 6 heteroatoms. The summed E-state index contributed by atoms with van der Waals surface area (Å²) in [5.74, 6) is 0.352. The molecule has 3 rings (SSSR count). The molecule has 0 amide bonds. The summed E-state index contributed by atoms with van der Waals surface area (Å²) in [6.07, 6.45) is 0.808. The van der Waals surface area contributed by atoms with Gasteiger partial charge in [-0.15, -0.1) is 5.10 Å².